The van der Waals surface area contributed by atoms with E-state index in [-0.39, 0.29) is 23.4 Å². The molecule has 0 unspecified atom stereocenters. The van der Waals surface area contributed by atoms with Gasteiger partial charge in [-0.05, 0) is 55.9 Å². The van der Waals surface area contributed by atoms with Crippen LogP contribution in [-0.4, -0.2) is 94.9 Å². The maximum Gasteiger partial charge on any atom is 0.326 e. The number of aromatic amines is 1. The number of carbonyl (C=O) groups excluding carboxylic acids is 2. The van der Waals surface area contributed by atoms with E-state index in [1.54, 1.807) is 38.4 Å². The zero-order valence-electron chi connectivity index (χ0n) is 24.1. The second kappa shape index (κ2) is 10.5. The van der Waals surface area contributed by atoms with E-state index < -0.39 is 5.60 Å². The third-order valence-electron chi connectivity index (χ3n) is 9.55. The molecule has 0 bridgehead atoms. The molecule has 2 amide bonds. The van der Waals surface area contributed by atoms with Gasteiger partial charge in [-0.1, -0.05) is 0 Å². The Labute approximate surface area is 243 Å². The number of aromatic nitrogens is 3. The molecule has 7 rings (SSSR count). The highest BCUT2D eigenvalue weighted by molar-refractivity contribution is 5.98. The molecule has 1 aliphatic carbocycles. The summed E-state index contributed by atoms with van der Waals surface area (Å²) in [6, 6.07) is 8.96. The van der Waals surface area contributed by atoms with Gasteiger partial charge in [-0.2, -0.15) is 0 Å². The van der Waals surface area contributed by atoms with Crippen LogP contribution >= 0.6 is 0 Å². The van der Waals surface area contributed by atoms with Crippen LogP contribution in [0.3, 0.4) is 0 Å². The number of fused-ring (bicyclic) bond motifs is 2. The summed E-state index contributed by atoms with van der Waals surface area (Å²) in [5.41, 5.74) is 2.57. The standard InChI is InChI=1S/C31H37N5O6/c1-34-26-12-21(5-6-24(26)33-30(34)39)28(37)35-14-23-15-36(18-31(23,17-35)40-2)29(38)22-11-25(20-3-4-20)32-27(13-22)42-16-19-7-9-41-10-8-19/h5-6,11-13,19-20,23H,3-4,7-10,14-18H2,1-2H3,(H,33,39)/t23-,31+/m0/s1. The van der Waals surface area contributed by atoms with Crippen LogP contribution in [-0.2, 0) is 16.5 Å². The number of amides is 2. The van der Waals surface area contributed by atoms with E-state index in [0.29, 0.717) is 72.7 Å². The number of carbonyl (C=O) groups is 2. The molecule has 1 N–H and O–H groups in total. The van der Waals surface area contributed by atoms with Crippen LogP contribution in [0.1, 0.15) is 58.0 Å². The van der Waals surface area contributed by atoms with Crippen LogP contribution < -0.4 is 10.4 Å². The topological polar surface area (TPSA) is 119 Å². The highest BCUT2D eigenvalue weighted by atomic mass is 16.5. The molecule has 3 aliphatic heterocycles. The van der Waals surface area contributed by atoms with Crippen LogP contribution in [0, 0.1) is 11.8 Å². The van der Waals surface area contributed by atoms with Gasteiger partial charge in [0.2, 0.25) is 5.88 Å². The van der Waals surface area contributed by atoms with Crippen molar-refractivity contribution in [3.05, 3.63) is 57.6 Å². The van der Waals surface area contributed by atoms with Crippen molar-refractivity contribution in [1.82, 2.24) is 24.3 Å². The van der Waals surface area contributed by atoms with E-state index in [9.17, 15) is 14.4 Å². The molecular formula is C31H37N5O6. The van der Waals surface area contributed by atoms with E-state index in [2.05, 4.69) is 4.98 Å². The fraction of sp³-hybridized carbons (Fsp3) is 0.548. The molecule has 3 saturated heterocycles. The number of rotatable bonds is 7. The average molecular weight is 576 g/mol. The minimum absolute atomic E-state index is 0.00951. The van der Waals surface area contributed by atoms with Gasteiger partial charge in [-0.15, -0.1) is 0 Å². The molecule has 2 aromatic heterocycles. The quantitative estimate of drug-likeness (QED) is 0.460. The fourth-order valence-corrected chi connectivity index (χ4v) is 6.76. The first-order chi connectivity index (χ1) is 20.3. The van der Waals surface area contributed by atoms with Gasteiger partial charge < -0.3 is 29.0 Å². The van der Waals surface area contributed by atoms with Crippen molar-refractivity contribution in [3.63, 3.8) is 0 Å². The normalized spacial score (nSPS) is 24.4. The molecule has 3 aromatic rings. The van der Waals surface area contributed by atoms with Gasteiger partial charge in [-0.25, -0.2) is 9.78 Å². The summed E-state index contributed by atoms with van der Waals surface area (Å²) < 4.78 is 19.2. The number of methoxy groups -OCH3 is 1. The highest BCUT2D eigenvalue weighted by Crippen LogP contribution is 2.42. The van der Waals surface area contributed by atoms with Gasteiger partial charge in [0.05, 0.1) is 30.7 Å². The Morgan fingerprint density at radius 3 is 2.40 bits per heavy atom. The first kappa shape index (κ1) is 27.2. The van der Waals surface area contributed by atoms with Crippen LogP contribution in [0.2, 0.25) is 0 Å². The van der Waals surface area contributed by atoms with E-state index in [1.165, 1.54) is 4.57 Å². The van der Waals surface area contributed by atoms with Crippen molar-refractivity contribution in [2.24, 2.45) is 18.9 Å². The van der Waals surface area contributed by atoms with Crippen molar-refractivity contribution in [2.75, 3.05) is 53.1 Å². The SMILES string of the molecule is CO[C@]12CN(C(=O)c3cc(OCC4CCOCC4)nc(C4CC4)c3)C[C@@H]1CN(C(=O)c1ccc3[nH]c(=O)n(C)c3c1)C2. The van der Waals surface area contributed by atoms with Gasteiger partial charge in [0.1, 0.15) is 5.60 Å². The number of hydrogen-bond acceptors (Lipinski definition) is 7. The molecule has 11 heteroatoms. The summed E-state index contributed by atoms with van der Waals surface area (Å²) in [5.74, 6) is 1.17. The van der Waals surface area contributed by atoms with Crippen LogP contribution in [0.25, 0.3) is 11.0 Å². The second-order valence-corrected chi connectivity index (χ2v) is 12.3. The first-order valence-corrected chi connectivity index (χ1v) is 14.9. The Balaban J connectivity index is 1.06. The lowest BCUT2D eigenvalue weighted by Gasteiger charge is -2.28. The minimum atomic E-state index is -0.634. The first-order valence-electron chi connectivity index (χ1n) is 14.9. The van der Waals surface area contributed by atoms with Gasteiger partial charge in [0.25, 0.3) is 11.8 Å². The number of nitrogens with zero attached hydrogens (tertiary/aromatic N) is 4. The minimum Gasteiger partial charge on any atom is -0.477 e. The number of pyridine rings is 1. The van der Waals surface area contributed by atoms with Crippen LogP contribution in [0.15, 0.2) is 35.1 Å². The average Bonchev–Trinajstić information content (AvgIpc) is 3.64. The molecule has 4 aliphatic rings. The molecule has 2 atom stereocenters. The Morgan fingerprint density at radius 2 is 1.74 bits per heavy atom. The van der Waals surface area contributed by atoms with Gasteiger partial charge >= 0.3 is 5.69 Å². The van der Waals surface area contributed by atoms with Crippen molar-refractivity contribution < 1.29 is 23.8 Å². The molecule has 5 heterocycles. The number of H-pyrrole nitrogens is 1. The van der Waals surface area contributed by atoms with Crippen molar-refractivity contribution >= 4 is 22.8 Å². The predicted octanol–water partition coefficient (Wildman–Crippen LogP) is 2.56. The zero-order valence-corrected chi connectivity index (χ0v) is 24.1. The predicted molar refractivity (Wildman–Crippen MR) is 154 cm³/mol. The smallest absolute Gasteiger partial charge is 0.326 e. The number of ether oxygens (including phenoxy) is 3. The third kappa shape index (κ3) is 4.88. The van der Waals surface area contributed by atoms with Crippen LogP contribution in [0.4, 0.5) is 0 Å². The largest absolute Gasteiger partial charge is 0.477 e. The summed E-state index contributed by atoms with van der Waals surface area (Å²) >= 11 is 0. The zero-order chi connectivity index (χ0) is 29.0. The molecule has 0 radical (unpaired) electrons. The van der Waals surface area contributed by atoms with Crippen molar-refractivity contribution in [1.29, 1.82) is 0 Å². The van der Waals surface area contributed by atoms with Gasteiger partial charge in [0.15, 0.2) is 0 Å². The molecular weight excluding hydrogens is 538 g/mol. The Bertz CT molecular complexity index is 1590. The number of benzene rings is 1. The van der Waals surface area contributed by atoms with E-state index in [1.807, 2.05) is 15.9 Å². The lowest BCUT2D eigenvalue weighted by atomic mass is 9.95. The van der Waals surface area contributed by atoms with Crippen molar-refractivity contribution in [3.8, 4) is 5.88 Å². The number of nitrogens with one attached hydrogen (secondary N) is 1. The Hall–Kier alpha value is -3.70. The lowest BCUT2D eigenvalue weighted by molar-refractivity contribution is -0.0111. The Kier molecular flexibility index (Phi) is 6.81. The molecule has 222 valence electrons. The summed E-state index contributed by atoms with van der Waals surface area (Å²) in [6.45, 7) is 3.89. The van der Waals surface area contributed by atoms with Gasteiger partial charge in [0, 0.05) is 75.2 Å². The molecule has 11 nitrogen and oxygen atoms in total. The van der Waals surface area contributed by atoms with E-state index >= 15 is 0 Å². The monoisotopic (exact) mass is 575 g/mol. The third-order valence-corrected chi connectivity index (χ3v) is 9.55. The Morgan fingerprint density at radius 1 is 1.02 bits per heavy atom. The second-order valence-electron chi connectivity index (χ2n) is 12.3. The number of hydrogen-bond donors (Lipinski definition) is 1. The highest BCUT2D eigenvalue weighted by Gasteiger charge is 2.55. The molecule has 42 heavy (non-hydrogen) atoms. The van der Waals surface area contributed by atoms with Gasteiger partial charge in [-0.3, -0.25) is 14.2 Å². The van der Waals surface area contributed by atoms with Crippen LogP contribution in [0.5, 0.6) is 5.88 Å². The van der Waals surface area contributed by atoms with E-state index in [4.69, 9.17) is 19.2 Å². The summed E-state index contributed by atoms with van der Waals surface area (Å²) in [7, 11) is 3.34. The number of likely N-dealkylation sites (tertiary alicyclic amines) is 2. The number of imidazole rings is 1. The maximum absolute atomic E-state index is 13.8. The molecule has 4 fully saturated rings. The summed E-state index contributed by atoms with van der Waals surface area (Å²) in [5, 5.41) is 0. The molecule has 1 saturated carbocycles. The van der Waals surface area contributed by atoms with E-state index in [0.717, 1.165) is 44.6 Å². The summed E-state index contributed by atoms with van der Waals surface area (Å²) in [6.07, 6.45) is 4.12. The fourth-order valence-electron chi connectivity index (χ4n) is 6.76. The van der Waals surface area contributed by atoms with Crippen molar-refractivity contribution in [2.45, 2.75) is 37.2 Å². The molecule has 0 spiro atoms. The number of aryl methyl sites for hydroxylation is 1. The lowest BCUT2D eigenvalue weighted by Crippen LogP contribution is -2.44. The summed E-state index contributed by atoms with van der Waals surface area (Å²) in [4.78, 5) is 50.6. The molecule has 1 aromatic carbocycles. The maximum atomic E-state index is 13.8.